The molecule has 0 saturated carbocycles. The first-order chi connectivity index (χ1) is 12.9. The van der Waals surface area contributed by atoms with Crippen molar-refractivity contribution < 1.29 is 17.9 Å². The van der Waals surface area contributed by atoms with Crippen LogP contribution < -0.4 is 4.31 Å². The van der Waals surface area contributed by atoms with Crippen LogP contribution in [0.2, 0.25) is 0 Å². The van der Waals surface area contributed by atoms with Crippen LogP contribution in [-0.4, -0.2) is 51.8 Å². The van der Waals surface area contributed by atoms with Gasteiger partial charge in [-0.05, 0) is 42.3 Å². The van der Waals surface area contributed by atoms with E-state index in [1.54, 1.807) is 29.2 Å². The van der Waals surface area contributed by atoms with E-state index in [0.717, 1.165) is 11.1 Å². The van der Waals surface area contributed by atoms with Crippen molar-refractivity contribution in [2.45, 2.75) is 13.5 Å². The van der Waals surface area contributed by atoms with Gasteiger partial charge in [0.2, 0.25) is 10.0 Å². The molecule has 2 aromatic rings. The Kier molecular flexibility index (Phi) is 5.82. The number of anilines is 1. The molecule has 0 spiro atoms. The van der Waals surface area contributed by atoms with Gasteiger partial charge in [-0.25, -0.2) is 8.42 Å². The molecule has 27 heavy (non-hydrogen) atoms. The summed E-state index contributed by atoms with van der Waals surface area (Å²) in [6, 6.07) is 14.4. The lowest BCUT2D eigenvalue weighted by Crippen LogP contribution is -2.40. The second kappa shape index (κ2) is 8.10. The van der Waals surface area contributed by atoms with E-state index in [-0.39, 0.29) is 12.5 Å². The molecule has 2 aromatic carbocycles. The number of hydrogen-bond acceptors (Lipinski definition) is 4. The molecule has 3 rings (SSSR count). The van der Waals surface area contributed by atoms with Gasteiger partial charge < -0.3 is 9.64 Å². The SMILES string of the molecule is Cc1ccccc1CN(c1ccc(C(=O)N2CCOCC2)cc1)S(C)(=O)=O. The Balaban J connectivity index is 1.83. The molecule has 1 aliphatic heterocycles. The summed E-state index contributed by atoms with van der Waals surface area (Å²) in [4.78, 5) is 14.3. The maximum atomic E-state index is 12.6. The van der Waals surface area contributed by atoms with Crippen LogP contribution in [0.5, 0.6) is 0 Å². The van der Waals surface area contributed by atoms with Gasteiger partial charge in [-0.15, -0.1) is 0 Å². The summed E-state index contributed by atoms with van der Waals surface area (Å²) in [7, 11) is -3.47. The van der Waals surface area contributed by atoms with Gasteiger partial charge in [-0.3, -0.25) is 9.10 Å². The quantitative estimate of drug-likeness (QED) is 0.789. The zero-order valence-electron chi connectivity index (χ0n) is 15.6. The molecule has 1 heterocycles. The normalized spacial score (nSPS) is 14.8. The van der Waals surface area contributed by atoms with E-state index < -0.39 is 10.0 Å². The Morgan fingerprint density at radius 2 is 1.70 bits per heavy atom. The van der Waals surface area contributed by atoms with Gasteiger partial charge in [0, 0.05) is 18.7 Å². The minimum absolute atomic E-state index is 0.0605. The Morgan fingerprint density at radius 3 is 2.30 bits per heavy atom. The van der Waals surface area contributed by atoms with Crippen molar-refractivity contribution in [3.05, 3.63) is 65.2 Å². The summed E-state index contributed by atoms with van der Waals surface area (Å²) >= 11 is 0. The Morgan fingerprint density at radius 1 is 1.07 bits per heavy atom. The number of morpholine rings is 1. The lowest BCUT2D eigenvalue weighted by atomic mass is 10.1. The van der Waals surface area contributed by atoms with Gasteiger partial charge in [-0.1, -0.05) is 24.3 Å². The minimum atomic E-state index is -3.47. The van der Waals surface area contributed by atoms with Crippen LogP contribution in [-0.2, 0) is 21.3 Å². The number of amides is 1. The Bertz CT molecular complexity index is 904. The molecule has 0 bridgehead atoms. The summed E-state index contributed by atoms with van der Waals surface area (Å²) in [5.74, 6) is -0.0605. The van der Waals surface area contributed by atoms with E-state index in [9.17, 15) is 13.2 Å². The average Bonchev–Trinajstić information content (AvgIpc) is 2.67. The number of aryl methyl sites for hydroxylation is 1. The van der Waals surface area contributed by atoms with Crippen molar-refractivity contribution >= 4 is 21.6 Å². The Labute approximate surface area is 160 Å². The molecular weight excluding hydrogens is 364 g/mol. The zero-order chi connectivity index (χ0) is 19.4. The number of rotatable bonds is 5. The highest BCUT2D eigenvalue weighted by atomic mass is 32.2. The van der Waals surface area contributed by atoms with Crippen molar-refractivity contribution in [3.63, 3.8) is 0 Å². The largest absolute Gasteiger partial charge is 0.378 e. The predicted molar refractivity (Wildman–Crippen MR) is 105 cm³/mol. The molecule has 0 aliphatic carbocycles. The van der Waals surface area contributed by atoms with E-state index in [1.165, 1.54) is 10.6 Å². The van der Waals surface area contributed by atoms with Crippen molar-refractivity contribution in [1.29, 1.82) is 0 Å². The monoisotopic (exact) mass is 388 g/mol. The van der Waals surface area contributed by atoms with Crippen LogP contribution in [0.25, 0.3) is 0 Å². The van der Waals surface area contributed by atoms with Crippen LogP contribution in [0.15, 0.2) is 48.5 Å². The van der Waals surface area contributed by atoms with E-state index in [0.29, 0.717) is 37.6 Å². The van der Waals surface area contributed by atoms with Crippen LogP contribution >= 0.6 is 0 Å². The number of nitrogens with zero attached hydrogens (tertiary/aromatic N) is 2. The number of sulfonamides is 1. The second-order valence-electron chi connectivity index (χ2n) is 6.65. The molecule has 1 aliphatic rings. The molecule has 0 unspecified atom stereocenters. The van der Waals surface area contributed by atoms with Crippen LogP contribution in [0.3, 0.4) is 0 Å². The molecule has 0 atom stereocenters. The first-order valence-electron chi connectivity index (χ1n) is 8.85. The molecule has 6 nitrogen and oxygen atoms in total. The number of carbonyl (C=O) groups excluding carboxylic acids is 1. The van der Waals surface area contributed by atoms with E-state index in [2.05, 4.69) is 0 Å². The van der Waals surface area contributed by atoms with Crippen molar-refractivity contribution in [1.82, 2.24) is 4.90 Å². The summed E-state index contributed by atoms with van der Waals surface area (Å²) in [6.45, 7) is 4.44. The van der Waals surface area contributed by atoms with Gasteiger partial charge in [0.1, 0.15) is 0 Å². The van der Waals surface area contributed by atoms with Gasteiger partial charge in [-0.2, -0.15) is 0 Å². The van der Waals surface area contributed by atoms with E-state index >= 15 is 0 Å². The van der Waals surface area contributed by atoms with Gasteiger partial charge in [0.25, 0.3) is 5.91 Å². The molecular formula is C20H24N2O4S. The molecule has 0 aromatic heterocycles. The predicted octanol–water partition coefficient (Wildman–Crippen LogP) is 2.43. The van der Waals surface area contributed by atoms with Gasteiger partial charge in [0.05, 0.1) is 31.7 Å². The first kappa shape index (κ1) is 19.4. The Hall–Kier alpha value is -2.38. The molecule has 0 N–H and O–H groups in total. The van der Waals surface area contributed by atoms with Crippen molar-refractivity contribution in [3.8, 4) is 0 Å². The molecule has 144 valence electrons. The zero-order valence-corrected chi connectivity index (χ0v) is 16.4. The fourth-order valence-corrected chi connectivity index (χ4v) is 3.94. The van der Waals surface area contributed by atoms with E-state index in [1.807, 2.05) is 31.2 Å². The minimum Gasteiger partial charge on any atom is -0.378 e. The topological polar surface area (TPSA) is 66.9 Å². The lowest BCUT2D eigenvalue weighted by Gasteiger charge is -2.27. The number of carbonyl (C=O) groups is 1. The standard InChI is InChI=1S/C20H24N2O4S/c1-16-5-3-4-6-18(16)15-22(27(2,24)25)19-9-7-17(8-10-19)20(23)21-11-13-26-14-12-21/h3-10H,11-15H2,1-2H3. The van der Waals surface area contributed by atoms with Crippen molar-refractivity contribution in [2.24, 2.45) is 0 Å². The third kappa shape index (κ3) is 4.67. The highest BCUT2D eigenvalue weighted by Crippen LogP contribution is 2.23. The number of ether oxygens (including phenoxy) is 1. The smallest absolute Gasteiger partial charge is 0.254 e. The summed E-state index contributed by atoms with van der Waals surface area (Å²) in [5, 5.41) is 0. The second-order valence-corrected chi connectivity index (χ2v) is 8.55. The summed E-state index contributed by atoms with van der Waals surface area (Å²) in [5.41, 5.74) is 3.06. The number of benzene rings is 2. The fraction of sp³-hybridized carbons (Fsp3) is 0.350. The summed E-state index contributed by atoms with van der Waals surface area (Å²) < 4.78 is 31.3. The van der Waals surface area contributed by atoms with Crippen LogP contribution in [0.4, 0.5) is 5.69 Å². The van der Waals surface area contributed by atoms with Crippen molar-refractivity contribution in [2.75, 3.05) is 36.9 Å². The molecule has 0 radical (unpaired) electrons. The maximum absolute atomic E-state index is 12.6. The molecule has 1 fully saturated rings. The third-order valence-corrected chi connectivity index (χ3v) is 5.82. The lowest BCUT2D eigenvalue weighted by molar-refractivity contribution is 0.0303. The molecule has 1 amide bonds. The van der Waals surface area contributed by atoms with E-state index in [4.69, 9.17) is 4.74 Å². The maximum Gasteiger partial charge on any atom is 0.254 e. The molecule has 7 heteroatoms. The van der Waals surface area contributed by atoms with Crippen LogP contribution in [0, 0.1) is 6.92 Å². The number of hydrogen-bond donors (Lipinski definition) is 0. The van der Waals surface area contributed by atoms with Gasteiger partial charge >= 0.3 is 0 Å². The average molecular weight is 388 g/mol. The molecule has 1 saturated heterocycles. The third-order valence-electron chi connectivity index (χ3n) is 4.68. The first-order valence-corrected chi connectivity index (χ1v) is 10.7. The highest BCUT2D eigenvalue weighted by Gasteiger charge is 2.21. The van der Waals surface area contributed by atoms with Crippen LogP contribution in [0.1, 0.15) is 21.5 Å². The highest BCUT2D eigenvalue weighted by molar-refractivity contribution is 7.92. The summed E-state index contributed by atoms with van der Waals surface area (Å²) in [6.07, 6.45) is 1.19. The van der Waals surface area contributed by atoms with Gasteiger partial charge in [0.15, 0.2) is 0 Å². The fourth-order valence-electron chi connectivity index (χ4n) is 3.06.